The molecule has 0 aliphatic rings. The molecule has 0 unspecified atom stereocenters. The number of rotatable bonds is 4. The van der Waals surface area contributed by atoms with Crippen LogP contribution in [0.5, 0.6) is 0 Å². The highest BCUT2D eigenvalue weighted by Gasteiger charge is 2.20. The predicted molar refractivity (Wildman–Crippen MR) is 88.1 cm³/mol. The van der Waals surface area contributed by atoms with E-state index in [0.29, 0.717) is 5.69 Å². The van der Waals surface area contributed by atoms with Crippen molar-refractivity contribution in [3.63, 3.8) is 0 Å². The molecule has 2 rings (SSSR count). The van der Waals surface area contributed by atoms with Gasteiger partial charge < -0.3 is 0 Å². The Morgan fingerprint density at radius 1 is 0.952 bits per heavy atom. The van der Waals surface area contributed by atoms with Crippen molar-refractivity contribution < 1.29 is 8.42 Å². The fourth-order valence-electron chi connectivity index (χ4n) is 1.73. The van der Waals surface area contributed by atoms with Crippen molar-refractivity contribution in [3.05, 3.63) is 57.0 Å². The van der Waals surface area contributed by atoms with E-state index in [-0.39, 0.29) is 20.0 Å². The van der Waals surface area contributed by atoms with E-state index in [4.69, 9.17) is 34.8 Å². The van der Waals surface area contributed by atoms with Crippen molar-refractivity contribution in [3.8, 4) is 0 Å². The van der Waals surface area contributed by atoms with E-state index in [9.17, 15) is 8.42 Å². The third-order valence-corrected chi connectivity index (χ3v) is 5.45. The van der Waals surface area contributed by atoms with Crippen LogP contribution in [0, 0.1) is 0 Å². The molecular formula is C14H12Cl3NO2S. The summed E-state index contributed by atoms with van der Waals surface area (Å²) in [6.45, 7) is 2.02. The van der Waals surface area contributed by atoms with Gasteiger partial charge in [0, 0.05) is 5.69 Å². The normalized spacial score (nSPS) is 11.4. The average molecular weight is 365 g/mol. The number of halogens is 3. The summed E-state index contributed by atoms with van der Waals surface area (Å²) in [5.74, 6) is 0. The van der Waals surface area contributed by atoms with Crippen LogP contribution in [0.25, 0.3) is 0 Å². The molecule has 7 heteroatoms. The van der Waals surface area contributed by atoms with Crippen LogP contribution >= 0.6 is 34.8 Å². The van der Waals surface area contributed by atoms with E-state index in [1.165, 1.54) is 12.1 Å². The monoisotopic (exact) mass is 363 g/mol. The minimum absolute atomic E-state index is 0.0158. The molecule has 112 valence electrons. The standard InChI is InChI=1S/C14H12Cl3NO2S/c1-2-9-3-5-10(6-4-9)18-21(19,20)14-8-12(16)11(15)7-13(14)17/h3-8,18H,2H2,1H3. The van der Waals surface area contributed by atoms with E-state index in [1.807, 2.05) is 19.1 Å². The second-order valence-corrected chi connectivity index (χ2v) is 7.23. The van der Waals surface area contributed by atoms with Gasteiger partial charge in [-0.3, -0.25) is 4.72 Å². The topological polar surface area (TPSA) is 46.2 Å². The van der Waals surface area contributed by atoms with Crippen molar-refractivity contribution in [1.82, 2.24) is 0 Å². The minimum atomic E-state index is -3.83. The number of benzene rings is 2. The SMILES string of the molecule is CCc1ccc(NS(=O)(=O)c2cc(Cl)c(Cl)cc2Cl)cc1. The van der Waals surface area contributed by atoms with Crippen LogP contribution in [0.15, 0.2) is 41.3 Å². The molecule has 2 aromatic carbocycles. The number of sulfonamides is 1. The molecule has 3 nitrogen and oxygen atoms in total. The fourth-order valence-corrected chi connectivity index (χ4v) is 3.79. The Kier molecular flexibility index (Phi) is 5.04. The Morgan fingerprint density at radius 3 is 2.10 bits per heavy atom. The van der Waals surface area contributed by atoms with Crippen molar-refractivity contribution >= 4 is 50.5 Å². The van der Waals surface area contributed by atoms with Gasteiger partial charge in [0.25, 0.3) is 10.0 Å². The Hall–Kier alpha value is -0.940. The van der Waals surface area contributed by atoms with Gasteiger partial charge in [-0.25, -0.2) is 8.42 Å². The summed E-state index contributed by atoms with van der Waals surface area (Å²) in [5, 5.41) is 0.345. The molecule has 0 amide bonds. The maximum absolute atomic E-state index is 12.3. The first-order valence-electron chi connectivity index (χ1n) is 6.10. The lowest BCUT2D eigenvalue weighted by Gasteiger charge is -2.11. The van der Waals surface area contributed by atoms with E-state index in [0.717, 1.165) is 12.0 Å². The minimum Gasteiger partial charge on any atom is -0.280 e. The zero-order chi connectivity index (χ0) is 15.6. The zero-order valence-electron chi connectivity index (χ0n) is 11.0. The highest BCUT2D eigenvalue weighted by atomic mass is 35.5. The highest BCUT2D eigenvalue weighted by Crippen LogP contribution is 2.32. The maximum Gasteiger partial charge on any atom is 0.263 e. The van der Waals surface area contributed by atoms with E-state index < -0.39 is 10.0 Å². The Labute approximate surface area is 138 Å². The first-order chi connectivity index (χ1) is 9.83. The lowest BCUT2D eigenvalue weighted by Crippen LogP contribution is -2.13. The molecule has 0 aliphatic heterocycles. The highest BCUT2D eigenvalue weighted by molar-refractivity contribution is 7.92. The molecular weight excluding hydrogens is 353 g/mol. The summed E-state index contributed by atoms with van der Waals surface area (Å²) in [7, 11) is -3.83. The summed E-state index contributed by atoms with van der Waals surface area (Å²) in [5.41, 5.74) is 1.57. The fraction of sp³-hybridized carbons (Fsp3) is 0.143. The molecule has 0 fully saturated rings. The summed E-state index contributed by atoms with van der Waals surface area (Å²) < 4.78 is 27.1. The summed E-state index contributed by atoms with van der Waals surface area (Å²) in [6, 6.07) is 9.64. The van der Waals surface area contributed by atoms with Gasteiger partial charge >= 0.3 is 0 Å². The van der Waals surface area contributed by atoms with E-state index in [2.05, 4.69) is 4.72 Å². The van der Waals surface area contributed by atoms with Gasteiger partial charge in [0.1, 0.15) is 4.90 Å². The second-order valence-electron chi connectivity index (χ2n) is 4.35. The van der Waals surface area contributed by atoms with E-state index in [1.54, 1.807) is 12.1 Å². The molecule has 0 spiro atoms. The molecule has 1 N–H and O–H groups in total. The van der Waals surface area contributed by atoms with Gasteiger partial charge in [0.15, 0.2) is 0 Å². The second kappa shape index (κ2) is 6.44. The summed E-state index contributed by atoms with van der Waals surface area (Å²) in [4.78, 5) is -0.113. The molecule has 0 atom stereocenters. The summed E-state index contributed by atoms with van der Waals surface area (Å²) >= 11 is 17.6. The largest absolute Gasteiger partial charge is 0.280 e. The average Bonchev–Trinajstić information content (AvgIpc) is 2.43. The van der Waals surface area contributed by atoms with Crippen molar-refractivity contribution in [2.75, 3.05) is 4.72 Å². The Morgan fingerprint density at radius 2 is 1.52 bits per heavy atom. The third-order valence-electron chi connectivity index (χ3n) is 2.88. The Bertz CT molecular complexity index is 759. The van der Waals surface area contributed by atoms with Crippen molar-refractivity contribution in [2.45, 2.75) is 18.2 Å². The van der Waals surface area contributed by atoms with Crippen LogP contribution in [0.4, 0.5) is 5.69 Å². The molecule has 0 saturated carbocycles. The third kappa shape index (κ3) is 3.83. The molecule has 0 heterocycles. The maximum atomic E-state index is 12.3. The van der Waals surface area contributed by atoms with Crippen LogP contribution in [-0.4, -0.2) is 8.42 Å². The molecule has 0 radical (unpaired) electrons. The zero-order valence-corrected chi connectivity index (χ0v) is 14.1. The van der Waals surface area contributed by atoms with Crippen molar-refractivity contribution in [2.24, 2.45) is 0 Å². The number of anilines is 1. The molecule has 0 saturated heterocycles. The predicted octanol–water partition coefficient (Wildman–Crippen LogP) is 5.01. The smallest absolute Gasteiger partial charge is 0.263 e. The van der Waals surface area contributed by atoms with Gasteiger partial charge in [-0.05, 0) is 36.2 Å². The molecule has 21 heavy (non-hydrogen) atoms. The van der Waals surface area contributed by atoms with Gasteiger partial charge in [-0.1, -0.05) is 53.9 Å². The van der Waals surface area contributed by atoms with Crippen LogP contribution in [0.2, 0.25) is 15.1 Å². The number of hydrogen-bond acceptors (Lipinski definition) is 2. The van der Waals surface area contributed by atoms with Crippen LogP contribution in [0.1, 0.15) is 12.5 Å². The van der Waals surface area contributed by atoms with Crippen LogP contribution in [0.3, 0.4) is 0 Å². The van der Waals surface area contributed by atoms with Gasteiger partial charge in [0.2, 0.25) is 0 Å². The van der Waals surface area contributed by atoms with Gasteiger partial charge in [-0.15, -0.1) is 0 Å². The lowest BCUT2D eigenvalue weighted by atomic mass is 10.2. The first kappa shape index (κ1) is 16.4. The first-order valence-corrected chi connectivity index (χ1v) is 8.71. The van der Waals surface area contributed by atoms with Crippen LogP contribution in [-0.2, 0) is 16.4 Å². The number of nitrogens with one attached hydrogen (secondary N) is 1. The Balaban J connectivity index is 2.35. The quantitative estimate of drug-likeness (QED) is 0.775. The molecule has 0 aromatic heterocycles. The van der Waals surface area contributed by atoms with Crippen LogP contribution < -0.4 is 4.72 Å². The number of aryl methyl sites for hydroxylation is 1. The van der Waals surface area contributed by atoms with Crippen molar-refractivity contribution in [1.29, 1.82) is 0 Å². The van der Waals surface area contributed by atoms with Gasteiger partial charge in [-0.2, -0.15) is 0 Å². The lowest BCUT2D eigenvalue weighted by molar-refractivity contribution is 0.601. The van der Waals surface area contributed by atoms with Gasteiger partial charge in [0.05, 0.1) is 15.1 Å². The van der Waals surface area contributed by atoms with E-state index >= 15 is 0 Å². The molecule has 0 bridgehead atoms. The molecule has 0 aliphatic carbocycles. The number of hydrogen-bond donors (Lipinski definition) is 1. The molecule has 2 aromatic rings. The summed E-state index contributed by atoms with van der Waals surface area (Å²) in [6.07, 6.45) is 0.881.